The van der Waals surface area contributed by atoms with Crippen LogP contribution >= 0.6 is 11.6 Å². The number of halogens is 1. The molecule has 2 rings (SSSR count). The van der Waals surface area contributed by atoms with Crippen molar-refractivity contribution in [2.24, 2.45) is 0 Å². The number of rotatable bonds is 5. The highest BCUT2D eigenvalue weighted by Crippen LogP contribution is 2.19. The van der Waals surface area contributed by atoms with Gasteiger partial charge in [-0.25, -0.2) is 13.1 Å². The smallest absolute Gasteiger partial charge is 0.211 e. The van der Waals surface area contributed by atoms with E-state index in [1.807, 2.05) is 30.3 Å². The topological polar surface area (TPSA) is 46.2 Å². The first-order valence-corrected chi connectivity index (χ1v) is 8.15. The summed E-state index contributed by atoms with van der Waals surface area (Å²) in [6.45, 7) is 2.15. The Labute approximate surface area is 124 Å². The number of aryl methyl sites for hydroxylation is 1. The van der Waals surface area contributed by atoms with E-state index in [0.717, 1.165) is 11.1 Å². The predicted octanol–water partition coefficient (Wildman–Crippen LogP) is 3.17. The summed E-state index contributed by atoms with van der Waals surface area (Å²) in [5.41, 5.74) is 1.85. The highest BCUT2D eigenvalue weighted by atomic mass is 35.5. The van der Waals surface area contributed by atoms with Gasteiger partial charge in [0.1, 0.15) is 0 Å². The number of benzene rings is 2. The molecule has 0 bridgehead atoms. The van der Waals surface area contributed by atoms with E-state index in [-0.39, 0.29) is 4.90 Å². The zero-order chi connectivity index (χ0) is 14.6. The minimum atomic E-state index is -3.48. The molecule has 0 fully saturated rings. The molecule has 0 aliphatic carbocycles. The number of sulfonamides is 1. The maximum atomic E-state index is 12.1. The van der Waals surface area contributed by atoms with Gasteiger partial charge in [-0.3, -0.25) is 0 Å². The molecule has 2 aromatic rings. The van der Waals surface area contributed by atoms with Crippen LogP contribution in [0, 0.1) is 6.92 Å². The fourth-order valence-corrected chi connectivity index (χ4v) is 3.08. The maximum absolute atomic E-state index is 12.1. The standard InChI is InChI=1S/C15H16ClNO2S/c1-12-11-14(7-8-15(12)16)20(18,19)17-10-9-13-5-3-2-4-6-13/h2-8,11,17H,9-10H2,1H3. The van der Waals surface area contributed by atoms with Crippen molar-refractivity contribution in [3.63, 3.8) is 0 Å². The van der Waals surface area contributed by atoms with Gasteiger partial charge in [-0.15, -0.1) is 0 Å². The summed E-state index contributed by atoms with van der Waals surface area (Å²) < 4.78 is 26.9. The first-order chi connectivity index (χ1) is 9.49. The average molecular weight is 310 g/mol. The summed E-state index contributed by atoms with van der Waals surface area (Å²) in [5, 5.41) is 0.563. The van der Waals surface area contributed by atoms with Crippen molar-refractivity contribution in [2.45, 2.75) is 18.2 Å². The van der Waals surface area contributed by atoms with Gasteiger partial charge in [0, 0.05) is 11.6 Å². The lowest BCUT2D eigenvalue weighted by Crippen LogP contribution is -2.26. The molecule has 5 heteroatoms. The fourth-order valence-electron chi connectivity index (χ4n) is 1.84. The second kappa shape index (κ2) is 6.39. The Kier molecular flexibility index (Phi) is 4.81. The van der Waals surface area contributed by atoms with Gasteiger partial charge in [0.2, 0.25) is 10.0 Å². The molecule has 2 aromatic carbocycles. The van der Waals surface area contributed by atoms with Gasteiger partial charge >= 0.3 is 0 Å². The average Bonchev–Trinajstić information content (AvgIpc) is 2.43. The van der Waals surface area contributed by atoms with Crippen molar-refractivity contribution in [3.8, 4) is 0 Å². The molecular weight excluding hydrogens is 294 g/mol. The first kappa shape index (κ1) is 15.0. The molecule has 3 nitrogen and oxygen atoms in total. The minimum absolute atomic E-state index is 0.243. The lowest BCUT2D eigenvalue weighted by Gasteiger charge is -2.08. The second-order valence-corrected chi connectivity index (χ2v) is 6.72. The van der Waals surface area contributed by atoms with Crippen molar-refractivity contribution in [1.29, 1.82) is 0 Å². The van der Waals surface area contributed by atoms with E-state index in [2.05, 4.69) is 4.72 Å². The summed E-state index contributed by atoms with van der Waals surface area (Å²) >= 11 is 5.90. The van der Waals surface area contributed by atoms with E-state index in [1.165, 1.54) is 6.07 Å². The van der Waals surface area contributed by atoms with Crippen LogP contribution in [0.2, 0.25) is 5.02 Å². The molecule has 106 valence electrons. The fraction of sp³-hybridized carbons (Fsp3) is 0.200. The quantitative estimate of drug-likeness (QED) is 0.922. The van der Waals surface area contributed by atoms with Crippen molar-refractivity contribution < 1.29 is 8.42 Å². The molecule has 0 aromatic heterocycles. The Morgan fingerprint density at radius 1 is 1.10 bits per heavy atom. The summed E-state index contributed by atoms with van der Waals surface area (Å²) in [4.78, 5) is 0.243. The molecule has 0 unspecified atom stereocenters. The van der Waals surface area contributed by atoms with E-state index >= 15 is 0 Å². The van der Waals surface area contributed by atoms with Gasteiger partial charge in [0.05, 0.1) is 4.90 Å². The zero-order valence-electron chi connectivity index (χ0n) is 11.1. The minimum Gasteiger partial charge on any atom is -0.211 e. The third kappa shape index (κ3) is 3.82. The Hall–Kier alpha value is -1.36. The van der Waals surface area contributed by atoms with Gasteiger partial charge < -0.3 is 0 Å². The van der Waals surface area contributed by atoms with Crippen LogP contribution < -0.4 is 4.72 Å². The summed E-state index contributed by atoms with van der Waals surface area (Å²) in [6.07, 6.45) is 0.659. The highest BCUT2D eigenvalue weighted by Gasteiger charge is 2.14. The van der Waals surface area contributed by atoms with E-state index in [4.69, 9.17) is 11.6 Å². The molecule has 0 saturated heterocycles. The van der Waals surface area contributed by atoms with Gasteiger partial charge in [-0.1, -0.05) is 41.9 Å². The molecule has 1 N–H and O–H groups in total. The normalized spacial score (nSPS) is 11.5. The second-order valence-electron chi connectivity index (χ2n) is 4.54. The largest absolute Gasteiger partial charge is 0.240 e. The van der Waals surface area contributed by atoms with Crippen LogP contribution in [-0.4, -0.2) is 15.0 Å². The molecule has 0 radical (unpaired) electrons. The van der Waals surface area contributed by atoms with Crippen LogP contribution in [0.3, 0.4) is 0 Å². The SMILES string of the molecule is Cc1cc(S(=O)(=O)NCCc2ccccc2)ccc1Cl. The Morgan fingerprint density at radius 2 is 1.80 bits per heavy atom. The zero-order valence-corrected chi connectivity index (χ0v) is 12.7. The molecule has 0 aliphatic rings. The third-order valence-corrected chi connectivity index (χ3v) is 4.87. The summed E-state index contributed by atoms with van der Waals surface area (Å²) in [5.74, 6) is 0. The Bertz CT molecular complexity index is 684. The monoisotopic (exact) mass is 309 g/mol. The van der Waals surface area contributed by atoms with E-state index in [9.17, 15) is 8.42 Å². The lowest BCUT2D eigenvalue weighted by molar-refractivity contribution is 0.581. The lowest BCUT2D eigenvalue weighted by atomic mass is 10.2. The molecule has 0 saturated carbocycles. The van der Waals surface area contributed by atoms with Crippen molar-refractivity contribution >= 4 is 21.6 Å². The Morgan fingerprint density at radius 3 is 2.45 bits per heavy atom. The molecule has 20 heavy (non-hydrogen) atoms. The molecule has 0 aliphatic heterocycles. The summed E-state index contributed by atoms with van der Waals surface area (Å²) in [6, 6.07) is 14.4. The van der Waals surface area contributed by atoms with Crippen molar-refractivity contribution in [3.05, 3.63) is 64.7 Å². The van der Waals surface area contributed by atoms with Gasteiger partial charge in [0.25, 0.3) is 0 Å². The van der Waals surface area contributed by atoms with E-state index < -0.39 is 10.0 Å². The number of nitrogens with one attached hydrogen (secondary N) is 1. The predicted molar refractivity (Wildman–Crippen MR) is 81.5 cm³/mol. The van der Waals surface area contributed by atoms with Crippen LogP contribution in [0.15, 0.2) is 53.4 Å². The maximum Gasteiger partial charge on any atom is 0.240 e. The molecule has 0 atom stereocenters. The third-order valence-electron chi connectivity index (χ3n) is 2.99. The summed E-state index contributed by atoms with van der Waals surface area (Å²) in [7, 11) is -3.48. The highest BCUT2D eigenvalue weighted by molar-refractivity contribution is 7.89. The molecule has 0 heterocycles. The van der Waals surface area contributed by atoms with Crippen LogP contribution in [-0.2, 0) is 16.4 Å². The molecular formula is C15H16ClNO2S. The van der Waals surface area contributed by atoms with Crippen LogP contribution in [0.4, 0.5) is 0 Å². The Balaban J connectivity index is 2.02. The van der Waals surface area contributed by atoms with E-state index in [1.54, 1.807) is 19.1 Å². The molecule has 0 amide bonds. The van der Waals surface area contributed by atoms with Gasteiger partial charge in [-0.05, 0) is 42.7 Å². The number of hydrogen-bond acceptors (Lipinski definition) is 2. The van der Waals surface area contributed by atoms with Crippen molar-refractivity contribution in [1.82, 2.24) is 4.72 Å². The van der Waals surface area contributed by atoms with Crippen LogP contribution in [0.25, 0.3) is 0 Å². The van der Waals surface area contributed by atoms with E-state index in [0.29, 0.717) is 18.0 Å². The first-order valence-electron chi connectivity index (χ1n) is 6.29. The number of hydrogen-bond donors (Lipinski definition) is 1. The molecule has 0 spiro atoms. The van der Waals surface area contributed by atoms with Crippen LogP contribution in [0.1, 0.15) is 11.1 Å². The van der Waals surface area contributed by atoms with Crippen LogP contribution in [0.5, 0.6) is 0 Å². The van der Waals surface area contributed by atoms with Crippen molar-refractivity contribution in [2.75, 3.05) is 6.54 Å². The van der Waals surface area contributed by atoms with Gasteiger partial charge in [-0.2, -0.15) is 0 Å². The van der Waals surface area contributed by atoms with Gasteiger partial charge in [0.15, 0.2) is 0 Å².